The van der Waals surface area contributed by atoms with E-state index in [2.05, 4.69) is 14.8 Å². The molecule has 0 radical (unpaired) electrons. The molecule has 1 saturated heterocycles. The summed E-state index contributed by atoms with van der Waals surface area (Å²) in [5.74, 6) is -1.59. The zero-order valence-electron chi connectivity index (χ0n) is 18.9. The molecule has 4 atom stereocenters. The predicted octanol–water partition coefficient (Wildman–Crippen LogP) is 6.35. The molecule has 0 aromatic heterocycles. The highest BCUT2D eigenvalue weighted by Crippen LogP contribution is 2.62. The fourth-order valence-corrected chi connectivity index (χ4v) is 6.69. The van der Waals surface area contributed by atoms with Gasteiger partial charge in [0.15, 0.2) is 0 Å². The average molecular weight is 525 g/mol. The first-order chi connectivity index (χ1) is 17.0. The first kappa shape index (κ1) is 23.7. The highest BCUT2D eigenvalue weighted by Gasteiger charge is 2.69. The third-order valence-corrected chi connectivity index (χ3v) is 8.23. The number of carbonyl (C=O) groups is 1. The van der Waals surface area contributed by atoms with Gasteiger partial charge in [-0.3, -0.25) is 9.69 Å². The van der Waals surface area contributed by atoms with E-state index in [1.165, 1.54) is 24.3 Å². The van der Waals surface area contributed by atoms with Crippen molar-refractivity contribution in [3.63, 3.8) is 0 Å². The van der Waals surface area contributed by atoms with Crippen LogP contribution in [0.25, 0.3) is 0 Å². The Morgan fingerprint density at radius 3 is 2.53 bits per heavy atom. The van der Waals surface area contributed by atoms with Gasteiger partial charge in [0.25, 0.3) is 0 Å². The topological polar surface area (TPSA) is 68.2 Å². The normalized spacial score (nSPS) is 28.6. The van der Waals surface area contributed by atoms with Gasteiger partial charge in [-0.25, -0.2) is 4.39 Å². The number of hydrogen-bond acceptors (Lipinski definition) is 5. The number of likely N-dealkylation sites (tertiary alicyclic amines) is 1. The van der Waals surface area contributed by atoms with Gasteiger partial charge in [-0.2, -0.15) is 0 Å². The fourth-order valence-electron chi connectivity index (χ4n) is 6.47. The molecule has 6 rings (SSSR count). The van der Waals surface area contributed by atoms with E-state index in [0.29, 0.717) is 19.4 Å². The summed E-state index contributed by atoms with van der Waals surface area (Å²) in [4.78, 5) is 24.7. The van der Waals surface area contributed by atoms with Crippen molar-refractivity contribution in [2.24, 2.45) is 11.1 Å². The second kappa shape index (κ2) is 8.14. The van der Waals surface area contributed by atoms with Gasteiger partial charge >= 0.3 is 12.3 Å². The first-order valence-corrected chi connectivity index (χ1v) is 12.1. The molecule has 1 amide bonds. The first-order valence-electron chi connectivity index (χ1n) is 11.8. The SMILES string of the molecule is O=NC(=O)c1cc(C2CC2)c(CN2[C@H]3CC4[C@@H]2C[C@@]4(Oc2cc(Cl)cc(OC(F)(F)F)c2)C3)cc1F. The maximum Gasteiger partial charge on any atom is 0.573 e. The Labute approximate surface area is 208 Å². The van der Waals surface area contributed by atoms with Crippen LogP contribution < -0.4 is 9.47 Å². The molecule has 4 fully saturated rings. The van der Waals surface area contributed by atoms with E-state index in [0.717, 1.165) is 36.5 Å². The molecule has 4 aliphatic rings. The van der Waals surface area contributed by atoms with Gasteiger partial charge in [-0.05, 0) is 60.6 Å². The van der Waals surface area contributed by atoms with Gasteiger partial charge in [0.1, 0.15) is 22.9 Å². The van der Waals surface area contributed by atoms with Crippen molar-refractivity contribution in [1.82, 2.24) is 4.90 Å². The third kappa shape index (κ3) is 4.04. The van der Waals surface area contributed by atoms with Crippen LogP contribution in [-0.4, -0.2) is 34.9 Å². The van der Waals surface area contributed by atoms with Crippen LogP contribution in [-0.2, 0) is 6.54 Å². The summed E-state index contributed by atoms with van der Waals surface area (Å²) in [5, 5.41) is 2.46. The summed E-state index contributed by atoms with van der Waals surface area (Å²) >= 11 is 6.00. The Bertz CT molecular complexity index is 1270. The largest absolute Gasteiger partial charge is 0.573 e. The third-order valence-electron chi connectivity index (χ3n) is 8.01. The zero-order valence-corrected chi connectivity index (χ0v) is 19.6. The second-order valence-corrected chi connectivity index (χ2v) is 10.6. The number of fused-ring (bicyclic) bond motifs is 1. The minimum Gasteiger partial charge on any atom is -0.487 e. The zero-order chi connectivity index (χ0) is 25.4. The van der Waals surface area contributed by atoms with Crippen molar-refractivity contribution >= 4 is 17.5 Å². The van der Waals surface area contributed by atoms with Crippen LogP contribution in [0.5, 0.6) is 11.5 Å². The van der Waals surface area contributed by atoms with Gasteiger partial charge in [0, 0.05) is 53.7 Å². The molecule has 190 valence electrons. The van der Waals surface area contributed by atoms with Crippen LogP contribution in [0.4, 0.5) is 17.6 Å². The van der Waals surface area contributed by atoms with Gasteiger partial charge in [-0.15, -0.1) is 18.1 Å². The van der Waals surface area contributed by atoms with Crippen LogP contribution in [0.3, 0.4) is 0 Å². The fraction of sp³-hybridized carbons (Fsp3) is 0.480. The Hall–Kier alpha value is -2.72. The summed E-state index contributed by atoms with van der Waals surface area (Å²) in [7, 11) is 0. The lowest BCUT2D eigenvalue weighted by Crippen LogP contribution is -2.66. The summed E-state index contributed by atoms with van der Waals surface area (Å²) in [6.45, 7) is 0.522. The molecule has 11 heteroatoms. The highest BCUT2D eigenvalue weighted by atomic mass is 35.5. The quantitative estimate of drug-likeness (QED) is 0.312. The number of alkyl halides is 3. The number of nitrogens with zero attached hydrogens (tertiary/aromatic N) is 2. The number of benzene rings is 2. The van der Waals surface area contributed by atoms with Crippen LogP contribution in [0.15, 0.2) is 35.5 Å². The number of piperidine rings is 2. The van der Waals surface area contributed by atoms with E-state index in [4.69, 9.17) is 16.3 Å². The van der Waals surface area contributed by atoms with Gasteiger partial charge in [0.2, 0.25) is 0 Å². The van der Waals surface area contributed by atoms with E-state index in [-0.39, 0.29) is 40.3 Å². The van der Waals surface area contributed by atoms with E-state index < -0.39 is 29.4 Å². The van der Waals surface area contributed by atoms with Gasteiger partial charge in [0.05, 0.1) is 5.56 Å². The maximum absolute atomic E-state index is 14.6. The Morgan fingerprint density at radius 1 is 1.14 bits per heavy atom. The highest BCUT2D eigenvalue weighted by molar-refractivity contribution is 6.30. The van der Waals surface area contributed by atoms with E-state index in [9.17, 15) is 27.3 Å². The lowest BCUT2D eigenvalue weighted by atomic mass is 9.65. The molecule has 3 aliphatic carbocycles. The van der Waals surface area contributed by atoms with Crippen molar-refractivity contribution < 1.29 is 31.8 Å². The lowest BCUT2D eigenvalue weighted by Gasteiger charge is -2.57. The standard InChI is InChI=1S/C25H21ClF4N2O4/c26-14-4-16(7-17(5-14)36-25(28,29)30)35-24-9-15-6-20(24)22(10-24)32(15)11-13-3-21(27)19(23(33)31-34)8-18(13)12-1-2-12/h3-5,7-8,12,15,20,22H,1-2,6,9-11H2/t15-,20?,22-,24-/m0/s1. The molecule has 2 bridgehead atoms. The Kier molecular flexibility index (Phi) is 5.35. The molecular formula is C25H21ClF4N2O4. The van der Waals surface area contributed by atoms with E-state index in [1.807, 2.05) is 0 Å². The maximum atomic E-state index is 14.6. The van der Waals surface area contributed by atoms with Crippen LogP contribution >= 0.6 is 11.6 Å². The summed E-state index contributed by atoms with van der Waals surface area (Å²) in [5.41, 5.74) is 0.948. The van der Waals surface area contributed by atoms with Gasteiger partial charge < -0.3 is 9.47 Å². The average Bonchev–Trinajstić information content (AvgIpc) is 3.53. The predicted molar refractivity (Wildman–Crippen MR) is 120 cm³/mol. The molecule has 2 aromatic rings. The van der Waals surface area contributed by atoms with Crippen molar-refractivity contribution in [3.05, 3.63) is 62.8 Å². The number of carbonyl (C=O) groups excluding carboxylic acids is 1. The Balaban J connectivity index is 1.19. The molecule has 2 aromatic carbocycles. The van der Waals surface area contributed by atoms with Crippen LogP contribution in [0.2, 0.25) is 5.02 Å². The van der Waals surface area contributed by atoms with Crippen molar-refractivity contribution in [3.8, 4) is 11.5 Å². The van der Waals surface area contributed by atoms with Crippen molar-refractivity contribution in [1.29, 1.82) is 0 Å². The molecule has 36 heavy (non-hydrogen) atoms. The number of ether oxygens (including phenoxy) is 2. The number of hydrogen-bond donors (Lipinski definition) is 0. The van der Waals surface area contributed by atoms with E-state index in [1.54, 1.807) is 0 Å². The summed E-state index contributed by atoms with van der Waals surface area (Å²) < 4.78 is 62.9. The van der Waals surface area contributed by atoms with Crippen LogP contribution in [0, 0.1) is 16.6 Å². The monoisotopic (exact) mass is 524 g/mol. The van der Waals surface area contributed by atoms with Crippen molar-refractivity contribution in [2.45, 2.75) is 68.6 Å². The van der Waals surface area contributed by atoms with Crippen LogP contribution in [0.1, 0.15) is 59.5 Å². The molecule has 1 heterocycles. The van der Waals surface area contributed by atoms with E-state index >= 15 is 0 Å². The lowest BCUT2D eigenvalue weighted by molar-refractivity contribution is -0.274. The minimum atomic E-state index is -4.83. The molecule has 0 spiro atoms. The summed E-state index contributed by atoms with van der Waals surface area (Å²) in [6, 6.07) is 7.01. The van der Waals surface area contributed by atoms with Crippen molar-refractivity contribution in [2.75, 3.05) is 0 Å². The second-order valence-electron chi connectivity index (χ2n) is 10.2. The molecule has 1 aliphatic heterocycles. The molecular weight excluding hydrogens is 504 g/mol. The molecule has 6 nitrogen and oxygen atoms in total. The smallest absolute Gasteiger partial charge is 0.487 e. The number of rotatable bonds is 7. The number of halogens is 5. The minimum absolute atomic E-state index is 0.0881. The summed E-state index contributed by atoms with van der Waals surface area (Å²) in [6.07, 6.45) is -0.654. The van der Waals surface area contributed by atoms with Gasteiger partial charge in [-0.1, -0.05) is 11.6 Å². The number of nitroso groups, excluding NO2 is 1. The molecule has 3 saturated carbocycles. The molecule has 0 N–H and O–H groups in total. The Morgan fingerprint density at radius 2 is 1.89 bits per heavy atom. The molecule has 1 unspecified atom stereocenters. The number of amides is 1.